The standard InChI is InChI=1S/C14H19BrN2O3/c1-11-8-12(10-13(9-11)17(19)20)14(18)16(2)7-5-3-4-6-15/h8-10H,3-7H2,1-2H3. The molecule has 1 amide bonds. The van der Waals surface area contributed by atoms with Gasteiger partial charge in [-0.15, -0.1) is 0 Å². The number of aryl methyl sites for hydroxylation is 1. The molecule has 0 atom stereocenters. The number of nitrogens with zero attached hydrogens (tertiary/aromatic N) is 2. The number of unbranched alkanes of at least 4 members (excludes halogenated alkanes) is 2. The van der Waals surface area contributed by atoms with Crippen molar-refractivity contribution < 1.29 is 9.72 Å². The van der Waals surface area contributed by atoms with Crippen molar-refractivity contribution >= 4 is 27.5 Å². The van der Waals surface area contributed by atoms with Crippen molar-refractivity contribution in [1.29, 1.82) is 0 Å². The third-order valence-corrected chi connectivity index (χ3v) is 3.55. The summed E-state index contributed by atoms with van der Waals surface area (Å²) < 4.78 is 0. The highest BCUT2D eigenvalue weighted by Crippen LogP contribution is 2.18. The van der Waals surface area contributed by atoms with E-state index in [1.165, 1.54) is 12.1 Å². The number of halogens is 1. The van der Waals surface area contributed by atoms with Gasteiger partial charge in [0.2, 0.25) is 0 Å². The van der Waals surface area contributed by atoms with Gasteiger partial charge in [0.05, 0.1) is 4.92 Å². The van der Waals surface area contributed by atoms with Crippen molar-refractivity contribution in [3.8, 4) is 0 Å². The predicted molar refractivity (Wildman–Crippen MR) is 82.4 cm³/mol. The molecule has 20 heavy (non-hydrogen) atoms. The first-order chi connectivity index (χ1) is 9.45. The Bertz CT molecular complexity index is 491. The molecule has 1 aromatic rings. The molecular formula is C14H19BrN2O3. The molecule has 0 spiro atoms. The minimum absolute atomic E-state index is 0.0407. The van der Waals surface area contributed by atoms with Gasteiger partial charge in [0, 0.05) is 36.6 Å². The molecule has 0 aliphatic heterocycles. The van der Waals surface area contributed by atoms with Gasteiger partial charge in [0.15, 0.2) is 0 Å². The van der Waals surface area contributed by atoms with E-state index in [9.17, 15) is 14.9 Å². The molecule has 0 heterocycles. The number of hydrogen-bond acceptors (Lipinski definition) is 3. The van der Waals surface area contributed by atoms with Crippen LogP contribution < -0.4 is 0 Å². The van der Waals surface area contributed by atoms with Crippen molar-refractivity contribution in [1.82, 2.24) is 4.90 Å². The monoisotopic (exact) mass is 342 g/mol. The normalized spacial score (nSPS) is 10.3. The molecule has 0 aliphatic carbocycles. The van der Waals surface area contributed by atoms with E-state index < -0.39 is 4.92 Å². The summed E-state index contributed by atoms with van der Waals surface area (Å²) in [5.74, 6) is -0.171. The molecule has 1 rings (SSSR count). The van der Waals surface area contributed by atoms with Gasteiger partial charge in [-0.2, -0.15) is 0 Å². The van der Waals surface area contributed by atoms with Crippen LogP contribution in [-0.2, 0) is 0 Å². The van der Waals surface area contributed by atoms with Crippen LogP contribution in [0.5, 0.6) is 0 Å². The van der Waals surface area contributed by atoms with Gasteiger partial charge < -0.3 is 4.90 Å². The number of hydrogen-bond donors (Lipinski definition) is 0. The Labute approximate surface area is 127 Å². The van der Waals surface area contributed by atoms with E-state index in [-0.39, 0.29) is 11.6 Å². The van der Waals surface area contributed by atoms with Crippen molar-refractivity contribution in [3.63, 3.8) is 0 Å². The molecule has 0 unspecified atom stereocenters. The summed E-state index contributed by atoms with van der Waals surface area (Å²) in [7, 11) is 1.73. The van der Waals surface area contributed by atoms with Crippen LogP contribution in [0.4, 0.5) is 5.69 Å². The summed E-state index contributed by atoms with van der Waals surface area (Å²) in [6, 6.07) is 4.49. The van der Waals surface area contributed by atoms with Gasteiger partial charge in [-0.05, 0) is 31.4 Å². The zero-order chi connectivity index (χ0) is 15.1. The van der Waals surface area contributed by atoms with Gasteiger partial charge >= 0.3 is 0 Å². The fourth-order valence-electron chi connectivity index (χ4n) is 1.93. The minimum Gasteiger partial charge on any atom is -0.342 e. The lowest BCUT2D eigenvalue weighted by Crippen LogP contribution is -2.27. The maximum atomic E-state index is 12.2. The fourth-order valence-corrected chi connectivity index (χ4v) is 2.33. The Kier molecular flexibility index (Phi) is 6.64. The first-order valence-corrected chi connectivity index (χ1v) is 7.65. The highest BCUT2D eigenvalue weighted by Gasteiger charge is 2.16. The van der Waals surface area contributed by atoms with Gasteiger partial charge in [-0.25, -0.2) is 0 Å². The quantitative estimate of drug-likeness (QED) is 0.329. The molecule has 0 bridgehead atoms. The van der Waals surface area contributed by atoms with Crippen molar-refractivity contribution in [2.45, 2.75) is 26.2 Å². The number of nitro groups is 1. The van der Waals surface area contributed by atoms with Crippen molar-refractivity contribution in [2.24, 2.45) is 0 Å². The number of carbonyl (C=O) groups excluding carboxylic acids is 1. The van der Waals surface area contributed by atoms with Crippen LogP contribution in [0.3, 0.4) is 0 Å². The number of alkyl halides is 1. The SMILES string of the molecule is Cc1cc(C(=O)N(C)CCCCCBr)cc([N+](=O)[O-])c1. The number of nitro benzene ring substituents is 1. The number of rotatable bonds is 7. The molecule has 0 aromatic heterocycles. The van der Waals surface area contributed by atoms with Gasteiger partial charge in [-0.1, -0.05) is 22.4 Å². The highest BCUT2D eigenvalue weighted by atomic mass is 79.9. The number of non-ortho nitro benzene ring substituents is 1. The van der Waals surface area contributed by atoms with E-state index in [0.29, 0.717) is 12.1 Å². The Balaban J connectivity index is 2.73. The van der Waals surface area contributed by atoms with E-state index in [4.69, 9.17) is 0 Å². The van der Waals surface area contributed by atoms with Crippen LogP contribution in [0.25, 0.3) is 0 Å². The lowest BCUT2D eigenvalue weighted by molar-refractivity contribution is -0.384. The zero-order valence-corrected chi connectivity index (χ0v) is 13.4. The summed E-state index contributed by atoms with van der Waals surface area (Å²) in [6.45, 7) is 2.41. The molecular weight excluding hydrogens is 324 g/mol. The fraction of sp³-hybridized carbons (Fsp3) is 0.500. The average Bonchev–Trinajstić information content (AvgIpc) is 2.41. The second-order valence-electron chi connectivity index (χ2n) is 4.79. The van der Waals surface area contributed by atoms with Gasteiger partial charge in [0.25, 0.3) is 11.6 Å². The van der Waals surface area contributed by atoms with Crippen LogP contribution in [0.1, 0.15) is 35.2 Å². The lowest BCUT2D eigenvalue weighted by Gasteiger charge is -2.17. The Morgan fingerprint density at radius 3 is 2.60 bits per heavy atom. The van der Waals surface area contributed by atoms with Gasteiger partial charge in [0.1, 0.15) is 0 Å². The minimum atomic E-state index is -0.472. The average molecular weight is 343 g/mol. The summed E-state index contributed by atoms with van der Waals surface area (Å²) in [5, 5.41) is 11.8. The topological polar surface area (TPSA) is 63.5 Å². The van der Waals surface area contributed by atoms with E-state index >= 15 is 0 Å². The third kappa shape index (κ3) is 4.92. The second-order valence-corrected chi connectivity index (χ2v) is 5.58. The summed E-state index contributed by atoms with van der Waals surface area (Å²) in [4.78, 5) is 24.2. The molecule has 6 heteroatoms. The van der Waals surface area contributed by atoms with E-state index in [0.717, 1.165) is 30.2 Å². The van der Waals surface area contributed by atoms with Crippen LogP contribution in [-0.4, -0.2) is 34.7 Å². The van der Waals surface area contributed by atoms with Crippen molar-refractivity contribution in [3.05, 3.63) is 39.4 Å². The highest BCUT2D eigenvalue weighted by molar-refractivity contribution is 9.09. The Morgan fingerprint density at radius 2 is 2.00 bits per heavy atom. The maximum absolute atomic E-state index is 12.2. The second kappa shape index (κ2) is 7.99. The molecule has 0 aliphatic rings. The third-order valence-electron chi connectivity index (χ3n) is 2.99. The first kappa shape index (κ1) is 16.6. The Hall–Kier alpha value is -1.43. The van der Waals surface area contributed by atoms with Crippen LogP contribution in [0.2, 0.25) is 0 Å². The van der Waals surface area contributed by atoms with Crippen LogP contribution >= 0.6 is 15.9 Å². The summed E-state index contributed by atoms with van der Waals surface area (Å²) in [6.07, 6.45) is 3.07. The van der Waals surface area contributed by atoms with E-state index in [1.54, 1.807) is 24.9 Å². The molecule has 0 saturated carbocycles. The first-order valence-electron chi connectivity index (χ1n) is 6.53. The predicted octanol–water partition coefficient (Wildman–Crippen LogP) is 3.54. The van der Waals surface area contributed by atoms with E-state index in [1.807, 2.05) is 0 Å². The number of carbonyl (C=O) groups is 1. The molecule has 1 aromatic carbocycles. The summed E-state index contributed by atoms with van der Waals surface area (Å²) in [5.41, 5.74) is 1.05. The Morgan fingerprint density at radius 1 is 1.30 bits per heavy atom. The van der Waals surface area contributed by atoms with Gasteiger partial charge in [-0.3, -0.25) is 14.9 Å². The molecule has 110 valence electrons. The molecule has 0 N–H and O–H groups in total. The van der Waals surface area contributed by atoms with Crippen molar-refractivity contribution in [2.75, 3.05) is 18.9 Å². The van der Waals surface area contributed by atoms with Crippen LogP contribution in [0, 0.1) is 17.0 Å². The van der Waals surface area contributed by atoms with Crippen LogP contribution in [0.15, 0.2) is 18.2 Å². The summed E-state index contributed by atoms with van der Waals surface area (Å²) >= 11 is 3.37. The molecule has 0 saturated heterocycles. The number of benzene rings is 1. The number of amides is 1. The maximum Gasteiger partial charge on any atom is 0.270 e. The molecule has 5 nitrogen and oxygen atoms in total. The smallest absolute Gasteiger partial charge is 0.270 e. The molecule has 0 radical (unpaired) electrons. The molecule has 0 fully saturated rings. The van der Waals surface area contributed by atoms with E-state index in [2.05, 4.69) is 15.9 Å². The lowest BCUT2D eigenvalue weighted by atomic mass is 10.1. The largest absolute Gasteiger partial charge is 0.342 e. The zero-order valence-electron chi connectivity index (χ0n) is 11.8.